The van der Waals surface area contributed by atoms with Crippen LogP contribution in [0, 0.1) is 0 Å². The van der Waals surface area contributed by atoms with Gasteiger partial charge in [0, 0.05) is 28.3 Å². The minimum absolute atomic E-state index is 0.102. The van der Waals surface area contributed by atoms with E-state index >= 15 is 0 Å². The van der Waals surface area contributed by atoms with Gasteiger partial charge in [-0.25, -0.2) is 0 Å². The van der Waals surface area contributed by atoms with Crippen LogP contribution in [0.25, 0.3) is 10.4 Å². The van der Waals surface area contributed by atoms with Crippen LogP contribution in [0.2, 0.25) is 0 Å². The first-order chi connectivity index (χ1) is 12.2. The number of hydrogen-bond acceptors (Lipinski definition) is 4. The molecule has 0 bridgehead atoms. The normalized spacial score (nSPS) is 10.6. The Kier molecular flexibility index (Phi) is 6.25. The van der Waals surface area contributed by atoms with Crippen molar-refractivity contribution in [2.75, 3.05) is 13.7 Å². The Morgan fingerprint density at radius 1 is 1.08 bits per heavy atom. The van der Waals surface area contributed by atoms with Gasteiger partial charge in [0.2, 0.25) is 5.91 Å². The van der Waals surface area contributed by atoms with Crippen LogP contribution >= 0.6 is 22.7 Å². The Balaban J connectivity index is 1.39. The fourth-order valence-electron chi connectivity index (χ4n) is 2.54. The fourth-order valence-corrected chi connectivity index (χ4v) is 4.27. The predicted octanol–water partition coefficient (Wildman–Crippen LogP) is 4.78. The molecule has 5 heteroatoms. The standard InChI is InChI=1S/C20H21NO2S2/c1-23-17-5-2-15(3-6-17)4-9-20(22)21-12-10-18-7-8-19(25-18)16-11-13-24-14-16/h2-3,5-8,11,13-14H,4,9-10,12H2,1H3,(H,21,22). The molecule has 0 unspecified atom stereocenters. The SMILES string of the molecule is COc1ccc(CCC(=O)NCCc2ccc(-c3ccsc3)s2)cc1. The van der Waals surface area contributed by atoms with E-state index in [1.54, 1.807) is 29.8 Å². The van der Waals surface area contributed by atoms with Crippen molar-refractivity contribution in [3.05, 3.63) is 63.7 Å². The smallest absolute Gasteiger partial charge is 0.220 e. The highest BCUT2D eigenvalue weighted by Gasteiger charge is 2.05. The number of thiophene rings is 2. The van der Waals surface area contributed by atoms with Gasteiger partial charge in [-0.15, -0.1) is 11.3 Å². The second-order valence-corrected chi connectivity index (χ2v) is 7.67. The Morgan fingerprint density at radius 2 is 1.92 bits per heavy atom. The first kappa shape index (κ1) is 17.7. The second-order valence-electron chi connectivity index (χ2n) is 5.73. The summed E-state index contributed by atoms with van der Waals surface area (Å²) in [4.78, 5) is 14.6. The van der Waals surface area contributed by atoms with E-state index < -0.39 is 0 Å². The molecule has 0 saturated carbocycles. The van der Waals surface area contributed by atoms with Gasteiger partial charge in [-0.05, 0) is 59.5 Å². The minimum atomic E-state index is 0.102. The number of nitrogens with one attached hydrogen (secondary N) is 1. The molecule has 0 aliphatic rings. The highest BCUT2D eigenvalue weighted by Crippen LogP contribution is 2.29. The maximum atomic E-state index is 12.0. The molecule has 0 atom stereocenters. The zero-order valence-electron chi connectivity index (χ0n) is 14.2. The molecule has 3 aromatic rings. The Morgan fingerprint density at radius 3 is 2.64 bits per heavy atom. The van der Waals surface area contributed by atoms with Gasteiger partial charge in [0.15, 0.2) is 0 Å². The van der Waals surface area contributed by atoms with Gasteiger partial charge in [0.05, 0.1) is 7.11 Å². The Hall–Kier alpha value is -2.11. The average Bonchev–Trinajstić information content (AvgIpc) is 3.32. The molecular weight excluding hydrogens is 350 g/mol. The summed E-state index contributed by atoms with van der Waals surface area (Å²) >= 11 is 3.51. The molecule has 1 N–H and O–H groups in total. The Bertz CT molecular complexity index is 791. The first-order valence-electron chi connectivity index (χ1n) is 8.25. The molecule has 25 heavy (non-hydrogen) atoms. The molecule has 0 spiro atoms. The van der Waals surface area contributed by atoms with Crippen molar-refractivity contribution in [3.8, 4) is 16.2 Å². The molecule has 3 nitrogen and oxygen atoms in total. The number of aryl methyl sites for hydroxylation is 1. The summed E-state index contributed by atoms with van der Waals surface area (Å²) in [6, 6.07) is 14.3. The van der Waals surface area contributed by atoms with Crippen molar-refractivity contribution in [2.24, 2.45) is 0 Å². The quantitative estimate of drug-likeness (QED) is 0.619. The summed E-state index contributed by atoms with van der Waals surface area (Å²) in [6.07, 6.45) is 2.14. The van der Waals surface area contributed by atoms with E-state index in [0.717, 1.165) is 24.2 Å². The van der Waals surface area contributed by atoms with E-state index in [0.29, 0.717) is 13.0 Å². The van der Waals surface area contributed by atoms with Gasteiger partial charge < -0.3 is 10.1 Å². The van der Waals surface area contributed by atoms with Gasteiger partial charge in [0.1, 0.15) is 5.75 Å². The summed E-state index contributed by atoms with van der Waals surface area (Å²) < 4.78 is 5.14. The molecule has 3 rings (SSSR count). The number of hydrogen-bond donors (Lipinski definition) is 1. The number of rotatable bonds is 8. The molecule has 2 aromatic heterocycles. The molecular formula is C20H21NO2S2. The van der Waals surface area contributed by atoms with E-state index in [1.807, 2.05) is 24.3 Å². The summed E-state index contributed by atoms with van der Waals surface area (Å²) in [5.74, 6) is 0.941. The van der Waals surface area contributed by atoms with Crippen molar-refractivity contribution >= 4 is 28.6 Å². The van der Waals surface area contributed by atoms with Gasteiger partial charge in [-0.3, -0.25) is 4.79 Å². The van der Waals surface area contributed by atoms with Crippen LogP contribution in [-0.4, -0.2) is 19.6 Å². The van der Waals surface area contributed by atoms with Crippen molar-refractivity contribution < 1.29 is 9.53 Å². The zero-order chi connectivity index (χ0) is 17.5. The lowest BCUT2D eigenvalue weighted by Gasteiger charge is -2.05. The third-order valence-corrected chi connectivity index (χ3v) is 5.84. The highest BCUT2D eigenvalue weighted by molar-refractivity contribution is 7.16. The number of ether oxygens (including phenoxy) is 1. The highest BCUT2D eigenvalue weighted by atomic mass is 32.1. The third kappa shape index (κ3) is 5.18. The van der Waals surface area contributed by atoms with Crippen LogP contribution < -0.4 is 10.1 Å². The van der Waals surface area contributed by atoms with Crippen molar-refractivity contribution in [2.45, 2.75) is 19.3 Å². The third-order valence-electron chi connectivity index (χ3n) is 3.96. The van der Waals surface area contributed by atoms with E-state index in [1.165, 1.54) is 15.3 Å². The Labute approximate surface area is 156 Å². The van der Waals surface area contributed by atoms with Gasteiger partial charge >= 0.3 is 0 Å². The van der Waals surface area contributed by atoms with Crippen molar-refractivity contribution in [1.29, 1.82) is 0 Å². The molecule has 0 saturated heterocycles. The van der Waals surface area contributed by atoms with E-state index in [9.17, 15) is 4.79 Å². The van der Waals surface area contributed by atoms with Crippen LogP contribution in [0.5, 0.6) is 5.75 Å². The molecule has 0 radical (unpaired) electrons. The lowest BCUT2D eigenvalue weighted by atomic mass is 10.1. The molecule has 0 aliphatic carbocycles. The van der Waals surface area contributed by atoms with E-state index in [4.69, 9.17) is 4.74 Å². The largest absolute Gasteiger partial charge is 0.497 e. The number of methoxy groups -OCH3 is 1. The number of benzene rings is 1. The molecule has 1 amide bonds. The lowest BCUT2D eigenvalue weighted by molar-refractivity contribution is -0.121. The molecule has 0 aliphatic heterocycles. The predicted molar refractivity (Wildman–Crippen MR) is 106 cm³/mol. The fraction of sp³-hybridized carbons (Fsp3) is 0.250. The minimum Gasteiger partial charge on any atom is -0.497 e. The number of amides is 1. The van der Waals surface area contributed by atoms with Crippen LogP contribution in [0.15, 0.2) is 53.2 Å². The summed E-state index contributed by atoms with van der Waals surface area (Å²) in [5.41, 5.74) is 2.43. The second kappa shape index (κ2) is 8.83. The van der Waals surface area contributed by atoms with Crippen LogP contribution in [0.3, 0.4) is 0 Å². The molecule has 0 fully saturated rings. The van der Waals surface area contributed by atoms with Crippen LogP contribution in [0.4, 0.5) is 0 Å². The van der Waals surface area contributed by atoms with E-state index in [-0.39, 0.29) is 5.91 Å². The summed E-state index contributed by atoms with van der Waals surface area (Å²) in [5, 5.41) is 7.27. The summed E-state index contributed by atoms with van der Waals surface area (Å²) in [6.45, 7) is 0.686. The number of carbonyl (C=O) groups excluding carboxylic acids is 1. The van der Waals surface area contributed by atoms with Gasteiger partial charge in [0.25, 0.3) is 0 Å². The van der Waals surface area contributed by atoms with Crippen molar-refractivity contribution in [1.82, 2.24) is 5.32 Å². The van der Waals surface area contributed by atoms with Gasteiger partial charge in [-0.2, -0.15) is 11.3 Å². The summed E-state index contributed by atoms with van der Waals surface area (Å²) in [7, 11) is 1.65. The molecule has 2 heterocycles. The zero-order valence-corrected chi connectivity index (χ0v) is 15.8. The van der Waals surface area contributed by atoms with Gasteiger partial charge in [-0.1, -0.05) is 12.1 Å². The molecule has 1 aromatic carbocycles. The molecule has 130 valence electrons. The monoisotopic (exact) mass is 371 g/mol. The van der Waals surface area contributed by atoms with E-state index in [2.05, 4.69) is 34.3 Å². The number of carbonyl (C=O) groups is 1. The maximum absolute atomic E-state index is 12.0. The topological polar surface area (TPSA) is 38.3 Å². The first-order valence-corrected chi connectivity index (χ1v) is 10.0. The lowest BCUT2D eigenvalue weighted by Crippen LogP contribution is -2.25. The van der Waals surface area contributed by atoms with Crippen LogP contribution in [-0.2, 0) is 17.6 Å². The van der Waals surface area contributed by atoms with Crippen molar-refractivity contribution in [3.63, 3.8) is 0 Å². The maximum Gasteiger partial charge on any atom is 0.220 e. The van der Waals surface area contributed by atoms with Crippen LogP contribution in [0.1, 0.15) is 16.9 Å². The average molecular weight is 372 g/mol.